The topological polar surface area (TPSA) is 21.3 Å². The molecule has 2 nitrogen and oxygen atoms in total. The summed E-state index contributed by atoms with van der Waals surface area (Å²) in [6.45, 7) is 0.729. The maximum absolute atomic E-state index is 13.6. The zero-order valence-corrected chi connectivity index (χ0v) is 13.1. The Balaban J connectivity index is 1.75. The van der Waals surface area contributed by atoms with E-state index in [1.165, 1.54) is 18.9 Å². The minimum absolute atomic E-state index is 0.118. The number of ether oxygens (including phenoxy) is 1. The molecule has 0 amide bonds. The SMILES string of the molecule is Fc1cc(OC(CNC2CC2)c2ccccc2)ccc1Br. The molecule has 0 saturated heterocycles. The second kappa shape index (κ2) is 6.58. The molecule has 0 spiro atoms. The Bertz CT molecular complexity index is 601. The van der Waals surface area contributed by atoms with Crippen molar-refractivity contribution in [1.82, 2.24) is 5.32 Å². The largest absolute Gasteiger partial charge is 0.484 e. The highest BCUT2D eigenvalue weighted by molar-refractivity contribution is 9.10. The van der Waals surface area contributed by atoms with Crippen molar-refractivity contribution in [2.75, 3.05) is 6.54 Å². The third kappa shape index (κ3) is 4.05. The van der Waals surface area contributed by atoms with Crippen LogP contribution >= 0.6 is 15.9 Å². The van der Waals surface area contributed by atoms with E-state index in [-0.39, 0.29) is 11.9 Å². The predicted octanol–water partition coefficient (Wildman–Crippen LogP) is 4.46. The summed E-state index contributed by atoms with van der Waals surface area (Å²) in [7, 11) is 0. The quantitative estimate of drug-likeness (QED) is 0.831. The Morgan fingerprint density at radius 1 is 1.19 bits per heavy atom. The lowest BCUT2D eigenvalue weighted by atomic mass is 10.1. The van der Waals surface area contributed by atoms with Crippen molar-refractivity contribution in [2.45, 2.75) is 25.0 Å². The minimum Gasteiger partial charge on any atom is -0.484 e. The van der Waals surface area contributed by atoms with Crippen LogP contribution in [0.4, 0.5) is 4.39 Å². The number of rotatable bonds is 6. The molecule has 1 N–H and O–H groups in total. The summed E-state index contributed by atoms with van der Waals surface area (Å²) in [5, 5.41) is 3.47. The van der Waals surface area contributed by atoms with E-state index in [1.54, 1.807) is 12.1 Å². The molecule has 1 aliphatic carbocycles. The first kappa shape index (κ1) is 14.5. The van der Waals surface area contributed by atoms with E-state index in [0.717, 1.165) is 12.1 Å². The lowest BCUT2D eigenvalue weighted by molar-refractivity contribution is 0.200. The number of benzene rings is 2. The van der Waals surface area contributed by atoms with Gasteiger partial charge in [0.15, 0.2) is 0 Å². The zero-order valence-electron chi connectivity index (χ0n) is 11.6. The molecular formula is C17H17BrFNO. The third-order valence-electron chi connectivity index (χ3n) is 3.51. The van der Waals surface area contributed by atoms with Crippen molar-refractivity contribution in [3.63, 3.8) is 0 Å². The van der Waals surface area contributed by atoms with E-state index in [4.69, 9.17) is 4.74 Å². The summed E-state index contributed by atoms with van der Waals surface area (Å²) in [5.41, 5.74) is 1.09. The van der Waals surface area contributed by atoms with E-state index < -0.39 is 0 Å². The van der Waals surface area contributed by atoms with Gasteiger partial charge in [0.05, 0.1) is 4.47 Å². The molecule has 110 valence electrons. The van der Waals surface area contributed by atoms with Gasteiger partial charge in [0.1, 0.15) is 17.7 Å². The molecule has 1 fully saturated rings. The van der Waals surface area contributed by atoms with Crippen molar-refractivity contribution in [2.24, 2.45) is 0 Å². The summed E-state index contributed by atoms with van der Waals surface area (Å²) in [4.78, 5) is 0. The normalized spacial score (nSPS) is 15.7. The van der Waals surface area contributed by atoms with Crippen LogP contribution in [0.1, 0.15) is 24.5 Å². The Hall–Kier alpha value is -1.39. The van der Waals surface area contributed by atoms with Crippen molar-refractivity contribution < 1.29 is 9.13 Å². The smallest absolute Gasteiger partial charge is 0.141 e. The van der Waals surface area contributed by atoms with Crippen molar-refractivity contribution in [3.8, 4) is 5.75 Å². The second-order valence-corrected chi connectivity index (χ2v) is 6.13. The molecule has 1 aliphatic rings. The van der Waals surface area contributed by atoms with Gasteiger partial charge in [-0.3, -0.25) is 0 Å². The minimum atomic E-state index is -0.311. The highest BCUT2D eigenvalue weighted by Gasteiger charge is 2.23. The van der Waals surface area contributed by atoms with Crippen LogP contribution in [0, 0.1) is 5.82 Å². The molecule has 0 heterocycles. The molecule has 1 unspecified atom stereocenters. The molecule has 1 saturated carbocycles. The molecule has 0 bridgehead atoms. The standard InChI is InChI=1S/C17H17BrFNO/c18-15-9-8-14(10-16(15)19)21-17(11-20-13-6-7-13)12-4-2-1-3-5-12/h1-5,8-10,13,17,20H,6-7,11H2. The van der Waals surface area contributed by atoms with Gasteiger partial charge in [0.25, 0.3) is 0 Å². The fourth-order valence-corrected chi connectivity index (χ4v) is 2.42. The third-order valence-corrected chi connectivity index (χ3v) is 4.15. The van der Waals surface area contributed by atoms with Gasteiger partial charge in [-0.25, -0.2) is 4.39 Å². The van der Waals surface area contributed by atoms with E-state index >= 15 is 0 Å². The van der Waals surface area contributed by atoms with E-state index in [9.17, 15) is 4.39 Å². The van der Waals surface area contributed by atoms with Gasteiger partial charge >= 0.3 is 0 Å². The van der Waals surface area contributed by atoms with E-state index in [2.05, 4.69) is 21.2 Å². The van der Waals surface area contributed by atoms with Crippen LogP contribution in [0.15, 0.2) is 53.0 Å². The average Bonchev–Trinajstić information content (AvgIpc) is 3.32. The Labute approximate surface area is 132 Å². The van der Waals surface area contributed by atoms with Crippen LogP contribution in [0.25, 0.3) is 0 Å². The van der Waals surface area contributed by atoms with Crippen LogP contribution < -0.4 is 10.1 Å². The number of hydrogen-bond acceptors (Lipinski definition) is 2. The van der Waals surface area contributed by atoms with Crippen molar-refractivity contribution in [1.29, 1.82) is 0 Å². The van der Waals surface area contributed by atoms with Gasteiger partial charge in [-0.2, -0.15) is 0 Å². The Morgan fingerprint density at radius 3 is 2.62 bits per heavy atom. The molecule has 3 rings (SSSR count). The van der Waals surface area contributed by atoms with Crippen LogP contribution in [0.3, 0.4) is 0 Å². The van der Waals surface area contributed by atoms with Gasteiger partial charge in [-0.1, -0.05) is 30.3 Å². The maximum Gasteiger partial charge on any atom is 0.141 e. The van der Waals surface area contributed by atoms with E-state index in [1.807, 2.05) is 30.3 Å². The number of hydrogen-bond donors (Lipinski definition) is 1. The van der Waals surface area contributed by atoms with Crippen molar-refractivity contribution in [3.05, 3.63) is 64.4 Å². The van der Waals surface area contributed by atoms with Crippen LogP contribution in [0.5, 0.6) is 5.75 Å². The fourth-order valence-electron chi connectivity index (χ4n) is 2.17. The first-order chi connectivity index (χ1) is 10.2. The molecule has 21 heavy (non-hydrogen) atoms. The van der Waals surface area contributed by atoms with Crippen molar-refractivity contribution >= 4 is 15.9 Å². The predicted molar refractivity (Wildman–Crippen MR) is 84.9 cm³/mol. The second-order valence-electron chi connectivity index (χ2n) is 5.28. The van der Waals surface area contributed by atoms with Gasteiger partial charge in [0.2, 0.25) is 0 Å². The molecular weight excluding hydrogens is 333 g/mol. The molecule has 2 aromatic rings. The molecule has 2 aromatic carbocycles. The molecule has 0 aliphatic heterocycles. The summed E-state index contributed by atoms with van der Waals surface area (Å²) in [6.07, 6.45) is 2.34. The van der Waals surface area contributed by atoms with Gasteiger partial charge in [-0.05, 0) is 46.5 Å². The average molecular weight is 350 g/mol. The highest BCUT2D eigenvalue weighted by Crippen LogP contribution is 2.27. The maximum atomic E-state index is 13.6. The summed E-state index contributed by atoms with van der Waals surface area (Å²) < 4.78 is 20.1. The first-order valence-electron chi connectivity index (χ1n) is 7.12. The van der Waals surface area contributed by atoms with Crippen LogP contribution in [-0.2, 0) is 0 Å². The molecule has 0 radical (unpaired) electrons. The van der Waals surface area contributed by atoms with Crippen LogP contribution in [0.2, 0.25) is 0 Å². The van der Waals surface area contributed by atoms with Gasteiger partial charge in [-0.15, -0.1) is 0 Å². The first-order valence-corrected chi connectivity index (χ1v) is 7.92. The summed E-state index contributed by atoms with van der Waals surface area (Å²) in [6, 6.07) is 15.5. The monoisotopic (exact) mass is 349 g/mol. The lowest BCUT2D eigenvalue weighted by Crippen LogP contribution is -2.26. The van der Waals surface area contributed by atoms with Crippen LogP contribution in [-0.4, -0.2) is 12.6 Å². The molecule has 0 aromatic heterocycles. The molecule has 4 heteroatoms. The Kier molecular flexibility index (Phi) is 4.56. The lowest BCUT2D eigenvalue weighted by Gasteiger charge is -2.20. The number of halogens is 2. The number of nitrogens with one attached hydrogen (secondary N) is 1. The summed E-state index contributed by atoms with van der Waals surface area (Å²) in [5.74, 6) is 0.233. The molecule has 1 atom stereocenters. The van der Waals surface area contributed by atoms with Gasteiger partial charge in [0, 0.05) is 18.7 Å². The fraction of sp³-hybridized carbons (Fsp3) is 0.294. The van der Waals surface area contributed by atoms with Gasteiger partial charge < -0.3 is 10.1 Å². The Morgan fingerprint density at radius 2 is 1.95 bits per heavy atom. The highest BCUT2D eigenvalue weighted by atomic mass is 79.9. The van der Waals surface area contributed by atoms with E-state index in [0.29, 0.717) is 16.3 Å². The zero-order chi connectivity index (χ0) is 14.7. The summed E-state index contributed by atoms with van der Waals surface area (Å²) >= 11 is 3.16.